The number of nitrogens with one attached hydrogen (secondary N) is 2. The van der Waals surface area contributed by atoms with Gasteiger partial charge in [0.25, 0.3) is 0 Å². The number of urea groups is 1. The number of hydrogen-bond donors (Lipinski definition) is 2. The van der Waals surface area contributed by atoms with Crippen LogP contribution >= 0.6 is 11.6 Å². The second-order valence-electron chi connectivity index (χ2n) is 9.65. The predicted molar refractivity (Wildman–Crippen MR) is 141 cm³/mol. The van der Waals surface area contributed by atoms with Crippen molar-refractivity contribution in [2.75, 3.05) is 6.61 Å². The Morgan fingerprint density at radius 2 is 1.77 bits per heavy atom. The summed E-state index contributed by atoms with van der Waals surface area (Å²) in [6.45, 7) is 1.88. The lowest BCUT2D eigenvalue weighted by atomic mass is 9.79. The van der Waals surface area contributed by atoms with Crippen LogP contribution in [0.15, 0.2) is 66.9 Å². The third-order valence-corrected chi connectivity index (χ3v) is 7.17. The van der Waals surface area contributed by atoms with Crippen molar-refractivity contribution in [3.8, 4) is 0 Å². The summed E-state index contributed by atoms with van der Waals surface area (Å²) >= 11 is 6.05. The van der Waals surface area contributed by atoms with Gasteiger partial charge in [-0.05, 0) is 61.2 Å². The SMILES string of the molecule is CCOC(=O)[C@H]1CCC[C@H]1NC(=O)N[C@@](Cc1ccccc1)(c1cc(F)cc(C(F)(F)F)c1)c1ccc(Cl)cn1. The van der Waals surface area contributed by atoms with E-state index in [-0.39, 0.29) is 29.3 Å². The Bertz CT molecular complexity index is 1340. The van der Waals surface area contributed by atoms with Crippen LogP contribution in [0, 0.1) is 11.7 Å². The topological polar surface area (TPSA) is 80.3 Å². The van der Waals surface area contributed by atoms with Gasteiger partial charge >= 0.3 is 18.2 Å². The summed E-state index contributed by atoms with van der Waals surface area (Å²) in [7, 11) is 0. The van der Waals surface area contributed by atoms with Crippen molar-refractivity contribution in [3.05, 3.63) is 100 Å². The molecule has 0 unspecified atom stereocenters. The van der Waals surface area contributed by atoms with Crippen LogP contribution in [0.5, 0.6) is 0 Å². The maximum absolute atomic E-state index is 14.8. The number of pyridine rings is 1. The third-order valence-electron chi connectivity index (χ3n) is 6.94. The molecule has 4 rings (SSSR count). The fourth-order valence-electron chi connectivity index (χ4n) is 5.11. The number of nitrogens with zero attached hydrogens (tertiary/aromatic N) is 1. The van der Waals surface area contributed by atoms with Gasteiger partial charge in [-0.2, -0.15) is 13.2 Å². The van der Waals surface area contributed by atoms with Crippen molar-refractivity contribution in [1.29, 1.82) is 0 Å². The molecule has 0 spiro atoms. The van der Waals surface area contributed by atoms with Gasteiger partial charge in [0.05, 0.1) is 28.8 Å². The fourth-order valence-corrected chi connectivity index (χ4v) is 5.23. The van der Waals surface area contributed by atoms with Gasteiger partial charge in [-0.25, -0.2) is 9.18 Å². The van der Waals surface area contributed by atoms with Crippen LogP contribution in [0.25, 0.3) is 0 Å². The van der Waals surface area contributed by atoms with Crippen LogP contribution in [0.4, 0.5) is 22.4 Å². The van der Waals surface area contributed by atoms with Crippen LogP contribution in [-0.4, -0.2) is 29.6 Å². The zero-order valence-electron chi connectivity index (χ0n) is 21.6. The van der Waals surface area contributed by atoms with E-state index in [1.807, 2.05) is 0 Å². The first-order valence-corrected chi connectivity index (χ1v) is 13.2. The van der Waals surface area contributed by atoms with Crippen LogP contribution in [0.2, 0.25) is 5.02 Å². The number of benzene rings is 2. The molecule has 2 amide bonds. The lowest BCUT2D eigenvalue weighted by molar-refractivity contribution is -0.148. The Morgan fingerprint density at radius 1 is 1.05 bits per heavy atom. The van der Waals surface area contributed by atoms with Gasteiger partial charge < -0.3 is 15.4 Å². The van der Waals surface area contributed by atoms with Gasteiger partial charge in [0, 0.05) is 18.7 Å². The Labute approximate surface area is 234 Å². The summed E-state index contributed by atoms with van der Waals surface area (Å²) in [5.41, 5.74) is -2.35. The molecular formula is C29H28ClF4N3O3. The zero-order valence-corrected chi connectivity index (χ0v) is 22.4. The number of rotatable bonds is 8. The molecule has 1 heterocycles. The molecule has 11 heteroatoms. The molecule has 1 aliphatic carbocycles. The normalized spacial score (nSPS) is 18.6. The molecule has 0 aliphatic heterocycles. The minimum atomic E-state index is -4.85. The van der Waals surface area contributed by atoms with Gasteiger partial charge in [0.15, 0.2) is 0 Å². The van der Waals surface area contributed by atoms with Crippen molar-refractivity contribution >= 4 is 23.6 Å². The molecule has 1 aliphatic rings. The highest BCUT2D eigenvalue weighted by atomic mass is 35.5. The highest BCUT2D eigenvalue weighted by Gasteiger charge is 2.42. The molecule has 40 heavy (non-hydrogen) atoms. The van der Waals surface area contributed by atoms with Crippen LogP contribution in [-0.2, 0) is 27.7 Å². The predicted octanol–water partition coefficient (Wildman–Crippen LogP) is 6.41. The van der Waals surface area contributed by atoms with Gasteiger partial charge in [0.2, 0.25) is 0 Å². The van der Waals surface area contributed by atoms with Gasteiger partial charge in [-0.3, -0.25) is 9.78 Å². The summed E-state index contributed by atoms with van der Waals surface area (Å²) < 4.78 is 61.3. The van der Waals surface area contributed by atoms with Crippen molar-refractivity contribution in [2.24, 2.45) is 5.92 Å². The molecule has 1 saturated carbocycles. The van der Waals surface area contributed by atoms with Crippen molar-refractivity contribution in [2.45, 2.75) is 50.4 Å². The number of alkyl halides is 3. The number of halogens is 5. The summed E-state index contributed by atoms with van der Waals surface area (Å²) in [5.74, 6) is -2.12. The number of aromatic nitrogens is 1. The lowest BCUT2D eigenvalue weighted by Crippen LogP contribution is -2.55. The summed E-state index contributed by atoms with van der Waals surface area (Å²) in [4.78, 5) is 30.4. The zero-order chi connectivity index (χ0) is 28.9. The second kappa shape index (κ2) is 12.2. The first kappa shape index (κ1) is 29.3. The van der Waals surface area contributed by atoms with Crippen molar-refractivity contribution in [1.82, 2.24) is 15.6 Å². The average Bonchev–Trinajstić information content (AvgIpc) is 3.36. The largest absolute Gasteiger partial charge is 0.466 e. The fraction of sp³-hybridized carbons (Fsp3) is 0.345. The Morgan fingerprint density at radius 3 is 2.42 bits per heavy atom. The van der Waals surface area contributed by atoms with Crippen LogP contribution < -0.4 is 10.6 Å². The Balaban J connectivity index is 1.82. The second-order valence-corrected chi connectivity index (χ2v) is 10.1. The van der Waals surface area contributed by atoms with E-state index in [1.54, 1.807) is 37.3 Å². The van der Waals surface area contributed by atoms with E-state index in [0.29, 0.717) is 30.9 Å². The van der Waals surface area contributed by atoms with E-state index >= 15 is 0 Å². The highest BCUT2D eigenvalue weighted by Crippen LogP contribution is 2.38. The van der Waals surface area contributed by atoms with E-state index in [0.717, 1.165) is 12.1 Å². The molecule has 1 fully saturated rings. The first-order valence-electron chi connectivity index (χ1n) is 12.8. The number of amides is 2. The third kappa shape index (κ3) is 6.72. The molecule has 6 nitrogen and oxygen atoms in total. The molecule has 0 radical (unpaired) electrons. The van der Waals surface area contributed by atoms with Gasteiger partial charge in [-0.15, -0.1) is 0 Å². The quantitative estimate of drug-likeness (QED) is 0.239. The number of hydrogen-bond acceptors (Lipinski definition) is 4. The van der Waals surface area contributed by atoms with Gasteiger partial charge in [0.1, 0.15) is 11.4 Å². The van der Waals surface area contributed by atoms with Crippen molar-refractivity contribution in [3.63, 3.8) is 0 Å². The monoisotopic (exact) mass is 577 g/mol. The number of carbonyl (C=O) groups is 2. The molecule has 1 aromatic heterocycles. The minimum absolute atomic E-state index is 0.0669. The van der Waals surface area contributed by atoms with E-state index in [1.165, 1.54) is 18.3 Å². The van der Waals surface area contributed by atoms with E-state index < -0.39 is 47.1 Å². The maximum Gasteiger partial charge on any atom is 0.416 e. The Hall–Kier alpha value is -3.66. The molecule has 3 aromatic rings. The van der Waals surface area contributed by atoms with Gasteiger partial charge in [-0.1, -0.05) is 48.4 Å². The lowest BCUT2D eigenvalue weighted by Gasteiger charge is -2.36. The van der Waals surface area contributed by atoms with Crippen LogP contribution in [0.1, 0.15) is 48.6 Å². The molecule has 2 aromatic carbocycles. The maximum atomic E-state index is 14.8. The summed E-state index contributed by atoms with van der Waals surface area (Å²) in [5, 5.41) is 5.88. The molecule has 212 valence electrons. The standard InChI is InChI=1S/C29H28ClF4N3O3/c1-2-40-26(38)23-9-6-10-24(23)36-27(39)37-28(16-18-7-4-3-5-8-18,25-12-11-21(30)17-35-25)19-13-20(29(32,33)34)15-22(31)14-19/h3-5,7-8,11-15,17,23-24H,2,6,9-10,16H2,1H3,(H2,36,37,39)/t23-,24+,28-/m0/s1. The number of ether oxygens (including phenoxy) is 1. The molecule has 2 N–H and O–H groups in total. The minimum Gasteiger partial charge on any atom is -0.466 e. The molecule has 0 bridgehead atoms. The molecule has 0 saturated heterocycles. The smallest absolute Gasteiger partial charge is 0.416 e. The van der Waals surface area contributed by atoms with Crippen LogP contribution in [0.3, 0.4) is 0 Å². The molecular weight excluding hydrogens is 550 g/mol. The van der Waals surface area contributed by atoms with Crippen molar-refractivity contribution < 1.29 is 31.9 Å². The summed E-state index contributed by atoms with van der Waals surface area (Å²) in [6, 6.07) is 12.5. The average molecular weight is 578 g/mol. The molecule has 3 atom stereocenters. The number of esters is 1. The highest BCUT2D eigenvalue weighted by molar-refractivity contribution is 6.30. The Kier molecular flexibility index (Phi) is 8.98. The van der Waals surface area contributed by atoms with E-state index in [4.69, 9.17) is 16.3 Å². The van der Waals surface area contributed by atoms with E-state index in [2.05, 4.69) is 15.6 Å². The summed E-state index contributed by atoms with van der Waals surface area (Å²) in [6.07, 6.45) is -1.89. The van der Waals surface area contributed by atoms with E-state index in [9.17, 15) is 27.2 Å². The first-order chi connectivity index (χ1) is 19.0. The number of carbonyl (C=O) groups excluding carboxylic acids is 2.